The summed E-state index contributed by atoms with van der Waals surface area (Å²) in [7, 11) is 0. The molecule has 18 heavy (non-hydrogen) atoms. The number of ether oxygens (including phenoxy) is 1. The van der Waals surface area contributed by atoms with Crippen molar-refractivity contribution in [3.63, 3.8) is 0 Å². The van der Waals surface area contributed by atoms with Gasteiger partial charge in [-0.3, -0.25) is 0 Å². The summed E-state index contributed by atoms with van der Waals surface area (Å²) in [5, 5.41) is 8.71. The maximum absolute atomic E-state index is 10.6. The molecule has 0 aromatic heterocycles. The third kappa shape index (κ3) is 6.23. The highest BCUT2D eigenvalue weighted by molar-refractivity contribution is 14.1. The van der Waals surface area contributed by atoms with E-state index in [2.05, 4.69) is 60.7 Å². The summed E-state index contributed by atoms with van der Waals surface area (Å²) in [5.74, 6) is 0.436. The molecule has 3 nitrogen and oxygen atoms in total. The molecule has 0 saturated heterocycles. The number of rotatable bonds is 6. The van der Waals surface area contributed by atoms with Crippen LogP contribution < -0.4 is 0 Å². The lowest BCUT2D eigenvalue weighted by Gasteiger charge is -2.17. The van der Waals surface area contributed by atoms with E-state index in [1.165, 1.54) is 9.13 Å². The summed E-state index contributed by atoms with van der Waals surface area (Å²) in [6, 6.07) is 8.28. The Morgan fingerprint density at radius 2 is 1.94 bits per heavy atom. The molecule has 0 bridgehead atoms. The van der Waals surface area contributed by atoms with Gasteiger partial charge in [0.25, 0.3) is 0 Å². The molecular formula is C14H19IO3. The van der Waals surface area contributed by atoms with Gasteiger partial charge < -0.3 is 9.84 Å². The molecule has 1 atom stereocenters. The first-order valence-corrected chi connectivity index (χ1v) is 7.19. The number of aryl methyl sites for hydroxylation is 1. The smallest absolute Gasteiger partial charge is 0.450 e. The van der Waals surface area contributed by atoms with Crippen molar-refractivity contribution in [1.29, 1.82) is 0 Å². The van der Waals surface area contributed by atoms with Gasteiger partial charge >= 0.3 is 6.16 Å². The molecule has 4 heteroatoms. The van der Waals surface area contributed by atoms with E-state index in [0.717, 1.165) is 19.3 Å². The molecule has 0 spiro atoms. The van der Waals surface area contributed by atoms with Gasteiger partial charge in [-0.2, -0.15) is 0 Å². The van der Waals surface area contributed by atoms with E-state index in [1.807, 2.05) is 0 Å². The molecule has 0 aliphatic heterocycles. The number of benzene rings is 1. The van der Waals surface area contributed by atoms with Crippen molar-refractivity contribution in [2.75, 3.05) is 0 Å². The summed E-state index contributed by atoms with van der Waals surface area (Å²) in [5.41, 5.74) is 1.22. The van der Waals surface area contributed by atoms with Crippen LogP contribution in [0.15, 0.2) is 24.3 Å². The predicted octanol–water partition coefficient (Wildman–Crippen LogP) is 4.33. The zero-order chi connectivity index (χ0) is 13.5. The van der Waals surface area contributed by atoms with Gasteiger partial charge in [0.2, 0.25) is 0 Å². The fourth-order valence-electron chi connectivity index (χ4n) is 1.87. The van der Waals surface area contributed by atoms with E-state index in [4.69, 9.17) is 9.84 Å². The van der Waals surface area contributed by atoms with Crippen molar-refractivity contribution >= 4 is 28.7 Å². The average molecular weight is 362 g/mol. The summed E-state index contributed by atoms with van der Waals surface area (Å²) < 4.78 is 6.13. The first kappa shape index (κ1) is 15.3. The Morgan fingerprint density at radius 1 is 1.33 bits per heavy atom. The SMILES string of the molecule is CC(C)CC(CCc1ccc(I)cc1)OC(=O)O. The molecule has 0 saturated carbocycles. The van der Waals surface area contributed by atoms with Crippen molar-refractivity contribution in [2.45, 2.75) is 39.2 Å². The van der Waals surface area contributed by atoms with Gasteiger partial charge in [-0.1, -0.05) is 26.0 Å². The van der Waals surface area contributed by atoms with Crippen LogP contribution in [0.4, 0.5) is 4.79 Å². The fourth-order valence-corrected chi connectivity index (χ4v) is 2.23. The van der Waals surface area contributed by atoms with Crippen LogP contribution >= 0.6 is 22.6 Å². The van der Waals surface area contributed by atoms with Gasteiger partial charge in [0.15, 0.2) is 0 Å². The van der Waals surface area contributed by atoms with Crippen LogP contribution in [0, 0.1) is 9.49 Å². The highest BCUT2D eigenvalue weighted by Gasteiger charge is 2.15. The lowest BCUT2D eigenvalue weighted by molar-refractivity contribution is 0.0395. The molecule has 0 amide bonds. The van der Waals surface area contributed by atoms with Crippen LogP contribution in [-0.2, 0) is 11.2 Å². The monoisotopic (exact) mass is 362 g/mol. The first-order chi connectivity index (χ1) is 8.47. The molecule has 1 N–H and O–H groups in total. The van der Waals surface area contributed by atoms with Crippen molar-refractivity contribution < 1.29 is 14.6 Å². The molecule has 0 radical (unpaired) electrons. The standard InChI is InChI=1S/C14H19IO3/c1-10(2)9-13(18-14(16)17)8-5-11-3-6-12(15)7-4-11/h3-4,6-7,10,13H,5,8-9H2,1-2H3,(H,16,17). The predicted molar refractivity (Wildman–Crippen MR) is 79.8 cm³/mol. The summed E-state index contributed by atoms with van der Waals surface area (Å²) >= 11 is 2.27. The van der Waals surface area contributed by atoms with Crippen molar-refractivity contribution in [3.05, 3.63) is 33.4 Å². The second kappa shape index (κ2) is 7.61. The van der Waals surface area contributed by atoms with E-state index >= 15 is 0 Å². The van der Waals surface area contributed by atoms with Crippen LogP contribution in [-0.4, -0.2) is 17.4 Å². The molecular weight excluding hydrogens is 343 g/mol. The van der Waals surface area contributed by atoms with Crippen molar-refractivity contribution in [3.8, 4) is 0 Å². The maximum Gasteiger partial charge on any atom is 0.506 e. The first-order valence-electron chi connectivity index (χ1n) is 6.11. The van der Waals surface area contributed by atoms with Crippen LogP contribution in [0.5, 0.6) is 0 Å². The number of hydrogen-bond acceptors (Lipinski definition) is 2. The molecule has 0 fully saturated rings. The summed E-state index contributed by atoms with van der Waals surface area (Å²) in [6.07, 6.45) is 0.980. The topological polar surface area (TPSA) is 46.5 Å². The Labute approximate surface area is 122 Å². The van der Waals surface area contributed by atoms with Gasteiger partial charge in [0.1, 0.15) is 6.10 Å². The normalized spacial score (nSPS) is 12.4. The van der Waals surface area contributed by atoms with Gasteiger partial charge in [-0.15, -0.1) is 0 Å². The molecule has 0 heterocycles. The molecule has 1 aromatic rings. The highest BCUT2D eigenvalue weighted by Crippen LogP contribution is 2.16. The van der Waals surface area contributed by atoms with Gasteiger partial charge in [0.05, 0.1) is 0 Å². The zero-order valence-corrected chi connectivity index (χ0v) is 12.9. The van der Waals surface area contributed by atoms with E-state index in [0.29, 0.717) is 5.92 Å². The minimum Gasteiger partial charge on any atom is -0.450 e. The van der Waals surface area contributed by atoms with Gasteiger partial charge in [-0.25, -0.2) is 4.79 Å². The molecule has 1 aromatic carbocycles. The van der Waals surface area contributed by atoms with Crippen LogP contribution in [0.25, 0.3) is 0 Å². The Hall–Kier alpha value is -0.780. The second-order valence-corrected chi connectivity index (χ2v) is 6.05. The Morgan fingerprint density at radius 3 is 2.44 bits per heavy atom. The van der Waals surface area contributed by atoms with Crippen molar-refractivity contribution in [2.24, 2.45) is 5.92 Å². The Bertz CT molecular complexity index is 373. The summed E-state index contributed by atoms with van der Waals surface area (Å²) in [4.78, 5) is 10.6. The number of carboxylic acid groups (broad SMARTS) is 1. The quantitative estimate of drug-likeness (QED) is 0.605. The fraction of sp³-hybridized carbons (Fsp3) is 0.500. The molecule has 0 aliphatic carbocycles. The van der Waals surface area contributed by atoms with Gasteiger partial charge in [-0.05, 0) is 65.5 Å². The van der Waals surface area contributed by atoms with Crippen LogP contribution in [0.1, 0.15) is 32.3 Å². The third-order valence-electron chi connectivity index (χ3n) is 2.67. The summed E-state index contributed by atoms with van der Waals surface area (Å²) in [6.45, 7) is 4.15. The zero-order valence-electron chi connectivity index (χ0n) is 10.7. The Kier molecular flexibility index (Phi) is 6.46. The van der Waals surface area contributed by atoms with E-state index in [-0.39, 0.29) is 6.10 Å². The van der Waals surface area contributed by atoms with Crippen molar-refractivity contribution in [1.82, 2.24) is 0 Å². The second-order valence-electron chi connectivity index (χ2n) is 4.80. The van der Waals surface area contributed by atoms with E-state index in [9.17, 15) is 4.79 Å². The molecule has 0 aliphatic rings. The van der Waals surface area contributed by atoms with Gasteiger partial charge in [0, 0.05) is 3.57 Å². The van der Waals surface area contributed by atoms with E-state index in [1.54, 1.807) is 0 Å². The largest absolute Gasteiger partial charge is 0.506 e. The minimum absolute atomic E-state index is 0.207. The van der Waals surface area contributed by atoms with E-state index < -0.39 is 6.16 Å². The minimum atomic E-state index is -1.18. The molecule has 1 unspecified atom stereocenters. The molecule has 1 rings (SSSR count). The lowest BCUT2D eigenvalue weighted by atomic mass is 9.99. The van der Waals surface area contributed by atoms with Crippen LogP contribution in [0.3, 0.4) is 0 Å². The molecule has 100 valence electrons. The average Bonchev–Trinajstić information content (AvgIpc) is 2.26. The number of hydrogen-bond donors (Lipinski definition) is 1. The Balaban J connectivity index is 2.50. The van der Waals surface area contributed by atoms with Crippen LogP contribution in [0.2, 0.25) is 0 Å². The maximum atomic E-state index is 10.6. The third-order valence-corrected chi connectivity index (χ3v) is 3.39. The lowest BCUT2D eigenvalue weighted by Crippen LogP contribution is -2.19. The number of halogens is 1. The highest BCUT2D eigenvalue weighted by atomic mass is 127. The number of carbonyl (C=O) groups is 1.